The van der Waals surface area contributed by atoms with Crippen molar-refractivity contribution in [3.63, 3.8) is 0 Å². The van der Waals surface area contributed by atoms with Crippen LogP contribution in [0.2, 0.25) is 0 Å². The SMILES string of the molecule is PN1CCCC1C=C(Br)Br. The maximum Gasteiger partial charge on any atom is 0.0579 e. The molecule has 1 fully saturated rings. The van der Waals surface area contributed by atoms with Gasteiger partial charge in [-0.3, -0.25) is 4.67 Å². The quantitative estimate of drug-likeness (QED) is 0.670. The summed E-state index contributed by atoms with van der Waals surface area (Å²) in [6.07, 6.45) is 4.75. The molecular formula is C6H10Br2NP. The molecule has 1 rings (SSSR count). The highest BCUT2D eigenvalue weighted by molar-refractivity contribution is 9.28. The summed E-state index contributed by atoms with van der Waals surface area (Å²) in [4.78, 5) is 0. The van der Waals surface area contributed by atoms with Crippen LogP contribution >= 0.6 is 41.3 Å². The zero-order chi connectivity index (χ0) is 7.56. The molecule has 0 spiro atoms. The summed E-state index contributed by atoms with van der Waals surface area (Å²) >= 11 is 6.71. The van der Waals surface area contributed by atoms with Crippen molar-refractivity contribution >= 4 is 41.3 Å². The van der Waals surface area contributed by atoms with Gasteiger partial charge in [-0.25, -0.2) is 0 Å². The van der Waals surface area contributed by atoms with E-state index in [4.69, 9.17) is 0 Å². The summed E-state index contributed by atoms with van der Waals surface area (Å²) < 4.78 is 3.34. The number of hydrogen-bond acceptors (Lipinski definition) is 1. The molecule has 4 heteroatoms. The van der Waals surface area contributed by atoms with Gasteiger partial charge in [-0.15, -0.1) is 0 Å². The first kappa shape index (κ1) is 9.18. The minimum Gasteiger partial charge on any atom is -0.281 e. The first-order valence-corrected chi connectivity index (χ1v) is 5.34. The van der Waals surface area contributed by atoms with E-state index in [2.05, 4.69) is 52.0 Å². The normalized spacial score (nSPS) is 26.9. The van der Waals surface area contributed by atoms with Gasteiger partial charge in [-0.05, 0) is 50.8 Å². The minimum atomic E-state index is 0.596. The van der Waals surface area contributed by atoms with Crippen molar-refractivity contribution in [2.75, 3.05) is 6.54 Å². The Bertz CT molecular complexity index is 145. The van der Waals surface area contributed by atoms with Crippen LogP contribution in [-0.2, 0) is 0 Å². The molecule has 1 heterocycles. The van der Waals surface area contributed by atoms with E-state index in [9.17, 15) is 0 Å². The third-order valence-corrected chi connectivity index (χ3v) is 2.83. The van der Waals surface area contributed by atoms with Crippen molar-refractivity contribution in [2.24, 2.45) is 0 Å². The molecule has 0 amide bonds. The molecule has 0 radical (unpaired) electrons. The smallest absolute Gasteiger partial charge is 0.0579 e. The Morgan fingerprint density at radius 2 is 2.30 bits per heavy atom. The molecule has 0 saturated carbocycles. The number of halogens is 2. The number of hydrogen-bond donors (Lipinski definition) is 0. The average Bonchev–Trinajstić information content (AvgIpc) is 2.15. The predicted octanol–water partition coefficient (Wildman–Crippen LogP) is 2.87. The van der Waals surface area contributed by atoms with Crippen LogP contribution in [0.5, 0.6) is 0 Å². The Labute approximate surface area is 80.7 Å². The van der Waals surface area contributed by atoms with Gasteiger partial charge >= 0.3 is 0 Å². The Kier molecular flexibility index (Phi) is 3.86. The molecule has 0 aromatic rings. The lowest BCUT2D eigenvalue weighted by molar-refractivity contribution is 0.504. The Hall–Kier alpha value is 1.09. The molecule has 0 bridgehead atoms. The summed E-state index contributed by atoms with van der Waals surface area (Å²) in [7, 11) is 2.75. The van der Waals surface area contributed by atoms with E-state index in [1.807, 2.05) is 0 Å². The molecule has 1 saturated heterocycles. The average molecular weight is 287 g/mol. The highest BCUT2D eigenvalue weighted by Crippen LogP contribution is 2.25. The van der Waals surface area contributed by atoms with Crippen LogP contribution < -0.4 is 0 Å². The molecule has 0 aromatic heterocycles. The monoisotopic (exact) mass is 285 g/mol. The molecule has 1 nitrogen and oxygen atoms in total. The maximum absolute atomic E-state index is 3.35. The van der Waals surface area contributed by atoms with Crippen molar-refractivity contribution in [3.05, 3.63) is 9.47 Å². The van der Waals surface area contributed by atoms with Gasteiger partial charge in [0, 0.05) is 12.6 Å². The fourth-order valence-corrected chi connectivity index (χ4v) is 2.17. The first-order valence-electron chi connectivity index (χ1n) is 3.24. The standard InChI is InChI=1S/C6H10Br2NP/c7-6(8)4-5-2-1-3-9(5)10/h4-5H,1-3,10H2. The van der Waals surface area contributed by atoms with Gasteiger partial charge in [0.25, 0.3) is 0 Å². The highest BCUT2D eigenvalue weighted by atomic mass is 79.9. The fraction of sp³-hybridized carbons (Fsp3) is 0.667. The Morgan fingerprint density at radius 1 is 1.60 bits per heavy atom. The molecule has 0 N–H and O–H groups in total. The van der Waals surface area contributed by atoms with Crippen LogP contribution in [0.1, 0.15) is 12.8 Å². The van der Waals surface area contributed by atoms with E-state index in [1.54, 1.807) is 0 Å². The lowest BCUT2D eigenvalue weighted by Crippen LogP contribution is -2.15. The minimum absolute atomic E-state index is 0.596. The van der Waals surface area contributed by atoms with Gasteiger partial charge in [-0.2, -0.15) is 0 Å². The summed E-state index contributed by atoms with van der Waals surface area (Å²) in [5, 5.41) is 0. The van der Waals surface area contributed by atoms with Gasteiger partial charge < -0.3 is 0 Å². The fourth-order valence-electron chi connectivity index (χ4n) is 1.14. The van der Waals surface area contributed by atoms with E-state index in [-0.39, 0.29) is 0 Å². The van der Waals surface area contributed by atoms with Gasteiger partial charge in [0.1, 0.15) is 0 Å². The molecule has 0 aliphatic carbocycles. The second kappa shape index (κ2) is 4.20. The Morgan fingerprint density at radius 3 is 2.70 bits per heavy atom. The zero-order valence-electron chi connectivity index (χ0n) is 5.56. The second-order valence-corrected chi connectivity index (χ2v) is 5.84. The van der Waals surface area contributed by atoms with Crippen molar-refractivity contribution in [2.45, 2.75) is 18.9 Å². The molecule has 2 atom stereocenters. The molecule has 1 aliphatic heterocycles. The molecule has 2 unspecified atom stereocenters. The third-order valence-electron chi connectivity index (χ3n) is 1.66. The van der Waals surface area contributed by atoms with E-state index in [0.717, 1.165) is 3.39 Å². The van der Waals surface area contributed by atoms with E-state index in [0.29, 0.717) is 6.04 Å². The van der Waals surface area contributed by atoms with Crippen LogP contribution in [-0.4, -0.2) is 17.3 Å². The highest BCUT2D eigenvalue weighted by Gasteiger charge is 2.18. The predicted molar refractivity (Wildman–Crippen MR) is 55.4 cm³/mol. The number of rotatable bonds is 1. The van der Waals surface area contributed by atoms with Gasteiger partial charge in [0.15, 0.2) is 0 Å². The van der Waals surface area contributed by atoms with Crippen molar-refractivity contribution in [1.29, 1.82) is 0 Å². The van der Waals surface area contributed by atoms with Crippen LogP contribution in [0.15, 0.2) is 9.47 Å². The van der Waals surface area contributed by atoms with Gasteiger partial charge in [-0.1, -0.05) is 9.39 Å². The Balaban J connectivity index is 2.48. The maximum atomic E-state index is 3.35. The van der Waals surface area contributed by atoms with Crippen molar-refractivity contribution in [3.8, 4) is 0 Å². The van der Waals surface area contributed by atoms with Crippen LogP contribution in [0.25, 0.3) is 0 Å². The van der Waals surface area contributed by atoms with Crippen LogP contribution in [0.4, 0.5) is 0 Å². The largest absolute Gasteiger partial charge is 0.281 e. The first-order chi connectivity index (χ1) is 4.70. The van der Waals surface area contributed by atoms with E-state index in [1.165, 1.54) is 19.4 Å². The lowest BCUT2D eigenvalue weighted by Gasteiger charge is -2.14. The summed E-state index contributed by atoms with van der Waals surface area (Å²) in [5.41, 5.74) is 0. The molecule has 58 valence electrons. The third kappa shape index (κ3) is 2.61. The molecule has 10 heavy (non-hydrogen) atoms. The van der Waals surface area contributed by atoms with Gasteiger partial charge in [0.05, 0.1) is 3.39 Å². The summed E-state index contributed by atoms with van der Waals surface area (Å²) in [6, 6.07) is 0.596. The van der Waals surface area contributed by atoms with Crippen LogP contribution in [0, 0.1) is 0 Å². The molecule has 1 aliphatic rings. The molecule has 0 aromatic carbocycles. The van der Waals surface area contributed by atoms with Crippen molar-refractivity contribution < 1.29 is 0 Å². The molecular weight excluding hydrogens is 277 g/mol. The lowest BCUT2D eigenvalue weighted by atomic mass is 10.2. The van der Waals surface area contributed by atoms with E-state index >= 15 is 0 Å². The van der Waals surface area contributed by atoms with E-state index < -0.39 is 0 Å². The summed E-state index contributed by atoms with van der Waals surface area (Å²) in [5.74, 6) is 0. The summed E-state index contributed by atoms with van der Waals surface area (Å²) in [6.45, 7) is 1.19. The number of nitrogens with zero attached hydrogens (tertiary/aromatic N) is 1. The van der Waals surface area contributed by atoms with Crippen LogP contribution in [0.3, 0.4) is 0 Å². The zero-order valence-corrected chi connectivity index (χ0v) is 9.88. The van der Waals surface area contributed by atoms with Crippen molar-refractivity contribution in [1.82, 2.24) is 4.67 Å². The topological polar surface area (TPSA) is 3.24 Å². The second-order valence-electron chi connectivity index (χ2n) is 2.40. The van der Waals surface area contributed by atoms with Gasteiger partial charge in [0.2, 0.25) is 0 Å².